The van der Waals surface area contributed by atoms with Gasteiger partial charge in [-0.05, 0) is 43.2 Å². The fourth-order valence-electron chi connectivity index (χ4n) is 2.82. The standard InChI is InChI=1S/C17H17NO3/c1-11-9-12-5-3-4-6-15(12)18(11)17(20)14-10-13(21-2)7-8-16(14)19/h3-8,10-11,19H,9H2,1-2H3. The van der Waals surface area contributed by atoms with E-state index in [1.807, 2.05) is 31.2 Å². The fourth-order valence-corrected chi connectivity index (χ4v) is 2.82. The van der Waals surface area contributed by atoms with Gasteiger partial charge in [0.05, 0.1) is 12.7 Å². The van der Waals surface area contributed by atoms with Gasteiger partial charge in [-0.2, -0.15) is 0 Å². The van der Waals surface area contributed by atoms with Gasteiger partial charge in [0.15, 0.2) is 0 Å². The monoisotopic (exact) mass is 283 g/mol. The van der Waals surface area contributed by atoms with E-state index in [0.717, 1.165) is 17.7 Å². The molecule has 1 amide bonds. The average Bonchev–Trinajstić information content (AvgIpc) is 2.83. The summed E-state index contributed by atoms with van der Waals surface area (Å²) < 4.78 is 5.14. The van der Waals surface area contributed by atoms with Crippen LogP contribution in [-0.4, -0.2) is 24.2 Å². The molecular weight excluding hydrogens is 266 g/mol. The molecule has 108 valence electrons. The molecule has 1 aliphatic heterocycles. The summed E-state index contributed by atoms with van der Waals surface area (Å²) in [5, 5.41) is 9.99. The van der Waals surface area contributed by atoms with Crippen molar-refractivity contribution < 1.29 is 14.6 Å². The molecule has 4 heteroatoms. The van der Waals surface area contributed by atoms with E-state index >= 15 is 0 Å². The van der Waals surface area contributed by atoms with Gasteiger partial charge in [-0.25, -0.2) is 0 Å². The number of phenolic OH excluding ortho intramolecular Hbond substituents is 1. The second-order valence-corrected chi connectivity index (χ2v) is 5.24. The van der Waals surface area contributed by atoms with Crippen LogP contribution >= 0.6 is 0 Å². The number of aromatic hydroxyl groups is 1. The Morgan fingerprint density at radius 1 is 1.29 bits per heavy atom. The summed E-state index contributed by atoms with van der Waals surface area (Å²) in [5.74, 6) is 0.317. The van der Waals surface area contributed by atoms with Gasteiger partial charge in [-0.15, -0.1) is 0 Å². The van der Waals surface area contributed by atoms with Crippen LogP contribution in [0.5, 0.6) is 11.5 Å². The Labute approximate surface area is 123 Å². The number of hydrogen-bond donors (Lipinski definition) is 1. The summed E-state index contributed by atoms with van der Waals surface area (Å²) in [7, 11) is 1.54. The third kappa shape index (κ3) is 2.23. The molecule has 1 unspecified atom stereocenters. The second kappa shape index (κ2) is 5.13. The molecule has 1 N–H and O–H groups in total. The van der Waals surface area contributed by atoms with Crippen LogP contribution in [0.25, 0.3) is 0 Å². The molecule has 0 saturated heterocycles. The Balaban J connectivity index is 2.03. The molecule has 2 aromatic carbocycles. The number of rotatable bonds is 2. The van der Waals surface area contributed by atoms with E-state index in [-0.39, 0.29) is 23.3 Å². The van der Waals surface area contributed by atoms with Gasteiger partial charge < -0.3 is 14.7 Å². The zero-order chi connectivity index (χ0) is 15.0. The number of anilines is 1. The molecular formula is C17H17NO3. The third-order valence-corrected chi connectivity index (χ3v) is 3.86. The first-order valence-corrected chi connectivity index (χ1v) is 6.90. The lowest BCUT2D eigenvalue weighted by atomic mass is 10.1. The Hall–Kier alpha value is -2.49. The quantitative estimate of drug-likeness (QED) is 0.921. The van der Waals surface area contributed by atoms with Crippen LogP contribution in [0.3, 0.4) is 0 Å². The van der Waals surface area contributed by atoms with Crippen LogP contribution in [0, 0.1) is 0 Å². The molecule has 0 saturated carbocycles. The van der Waals surface area contributed by atoms with Gasteiger partial charge in [-0.1, -0.05) is 18.2 Å². The maximum Gasteiger partial charge on any atom is 0.262 e. The van der Waals surface area contributed by atoms with Gasteiger partial charge in [0.2, 0.25) is 0 Å². The van der Waals surface area contributed by atoms with Crippen molar-refractivity contribution in [1.82, 2.24) is 0 Å². The van der Waals surface area contributed by atoms with Crippen LogP contribution in [0.15, 0.2) is 42.5 Å². The van der Waals surface area contributed by atoms with Gasteiger partial charge in [-0.3, -0.25) is 4.79 Å². The van der Waals surface area contributed by atoms with Crippen molar-refractivity contribution >= 4 is 11.6 Å². The van der Waals surface area contributed by atoms with E-state index in [0.29, 0.717) is 5.75 Å². The predicted molar refractivity (Wildman–Crippen MR) is 81.1 cm³/mol. The van der Waals surface area contributed by atoms with Gasteiger partial charge in [0, 0.05) is 11.7 Å². The molecule has 3 rings (SSSR count). The molecule has 4 nitrogen and oxygen atoms in total. The van der Waals surface area contributed by atoms with Crippen molar-refractivity contribution in [2.24, 2.45) is 0 Å². The summed E-state index contributed by atoms with van der Waals surface area (Å²) in [5.41, 5.74) is 2.33. The number of para-hydroxylation sites is 1. The van der Waals surface area contributed by atoms with Gasteiger partial charge >= 0.3 is 0 Å². The number of carbonyl (C=O) groups is 1. The molecule has 0 fully saturated rings. The lowest BCUT2D eigenvalue weighted by molar-refractivity contribution is 0.0978. The van der Waals surface area contributed by atoms with Crippen molar-refractivity contribution in [1.29, 1.82) is 0 Å². The van der Waals surface area contributed by atoms with Gasteiger partial charge in [0.1, 0.15) is 11.5 Å². The molecule has 1 heterocycles. The normalized spacial score (nSPS) is 16.7. The number of amides is 1. The largest absolute Gasteiger partial charge is 0.507 e. The first kappa shape index (κ1) is 13.5. The van der Waals surface area contributed by atoms with Crippen LogP contribution in [0.2, 0.25) is 0 Å². The predicted octanol–water partition coefficient (Wildman–Crippen LogP) is 2.99. The second-order valence-electron chi connectivity index (χ2n) is 5.24. The molecule has 21 heavy (non-hydrogen) atoms. The molecule has 0 aliphatic carbocycles. The molecule has 2 aromatic rings. The van der Waals surface area contributed by atoms with Crippen LogP contribution in [0.4, 0.5) is 5.69 Å². The van der Waals surface area contributed by atoms with E-state index in [4.69, 9.17) is 4.74 Å². The van der Waals surface area contributed by atoms with E-state index in [1.54, 1.807) is 17.0 Å². The maximum atomic E-state index is 12.8. The van der Waals surface area contributed by atoms with E-state index in [9.17, 15) is 9.90 Å². The van der Waals surface area contributed by atoms with E-state index < -0.39 is 0 Å². The minimum Gasteiger partial charge on any atom is -0.507 e. The van der Waals surface area contributed by atoms with E-state index in [2.05, 4.69) is 0 Å². The molecule has 0 aromatic heterocycles. The van der Waals surface area contributed by atoms with Crippen LogP contribution < -0.4 is 9.64 Å². The topological polar surface area (TPSA) is 49.8 Å². The number of hydrogen-bond acceptors (Lipinski definition) is 3. The summed E-state index contributed by atoms with van der Waals surface area (Å²) in [6.07, 6.45) is 0.826. The zero-order valence-corrected chi connectivity index (χ0v) is 12.0. The zero-order valence-electron chi connectivity index (χ0n) is 12.0. The molecule has 1 atom stereocenters. The summed E-state index contributed by atoms with van der Waals surface area (Å²) in [6, 6.07) is 12.6. The van der Waals surface area contributed by atoms with Crippen LogP contribution in [0.1, 0.15) is 22.8 Å². The number of phenols is 1. The number of carbonyl (C=O) groups excluding carboxylic acids is 1. The number of nitrogens with zero attached hydrogens (tertiary/aromatic N) is 1. The SMILES string of the molecule is COc1ccc(O)c(C(=O)N2c3ccccc3CC2C)c1. The van der Waals surface area contributed by atoms with E-state index in [1.165, 1.54) is 13.2 Å². The highest BCUT2D eigenvalue weighted by molar-refractivity contribution is 6.09. The summed E-state index contributed by atoms with van der Waals surface area (Å²) in [4.78, 5) is 14.6. The Bertz CT molecular complexity index is 696. The smallest absolute Gasteiger partial charge is 0.262 e. The van der Waals surface area contributed by atoms with Gasteiger partial charge in [0.25, 0.3) is 5.91 Å². The van der Waals surface area contributed by atoms with Crippen molar-refractivity contribution in [2.45, 2.75) is 19.4 Å². The molecule has 0 spiro atoms. The molecule has 0 radical (unpaired) electrons. The Kier molecular flexibility index (Phi) is 3.29. The fraction of sp³-hybridized carbons (Fsp3) is 0.235. The number of methoxy groups -OCH3 is 1. The minimum absolute atomic E-state index is 0.0302. The minimum atomic E-state index is -0.205. The molecule has 1 aliphatic rings. The Morgan fingerprint density at radius 3 is 2.81 bits per heavy atom. The lowest BCUT2D eigenvalue weighted by Crippen LogP contribution is -2.35. The highest BCUT2D eigenvalue weighted by Crippen LogP contribution is 2.35. The number of ether oxygens (including phenoxy) is 1. The Morgan fingerprint density at radius 2 is 2.05 bits per heavy atom. The van der Waals surface area contributed by atoms with Crippen molar-refractivity contribution in [3.63, 3.8) is 0 Å². The highest BCUT2D eigenvalue weighted by Gasteiger charge is 2.32. The number of benzene rings is 2. The van der Waals surface area contributed by atoms with Crippen molar-refractivity contribution in [2.75, 3.05) is 12.0 Å². The molecule has 0 bridgehead atoms. The first-order valence-electron chi connectivity index (χ1n) is 6.90. The maximum absolute atomic E-state index is 12.8. The summed E-state index contributed by atoms with van der Waals surface area (Å²) in [6.45, 7) is 2.01. The van der Waals surface area contributed by atoms with Crippen molar-refractivity contribution in [3.05, 3.63) is 53.6 Å². The summed E-state index contributed by atoms with van der Waals surface area (Å²) >= 11 is 0. The van der Waals surface area contributed by atoms with Crippen LogP contribution in [-0.2, 0) is 6.42 Å². The third-order valence-electron chi connectivity index (χ3n) is 3.86. The van der Waals surface area contributed by atoms with Crippen molar-refractivity contribution in [3.8, 4) is 11.5 Å². The number of fused-ring (bicyclic) bond motifs is 1. The lowest BCUT2D eigenvalue weighted by Gasteiger charge is -2.23. The average molecular weight is 283 g/mol. The highest BCUT2D eigenvalue weighted by atomic mass is 16.5. The first-order chi connectivity index (χ1) is 10.1.